The normalized spacial score (nSPS) is 12.6. The van der Waals surface area contributed by atoms with Crippen LogP contribution in [0.2, 0.25) is 0 Å². The van der Waals surface area contributed by atoms with Crippen LogP contribution in [-0.2, 0) is 13.0 Å². The minimum atomic E-state index is 0.186. The molecule has 0 aliphatic heterocycles. The Hall–Kier alpha value is -1.13. The molecule has 4 heteroatoms. The van der Waals surface area contributed by atoms with Crippen LogP contribution in [0, 0.1) is 0 Å². The monoisotopic (exact) mass is 307 g/mol. The zero-order valence-electron chi connectivity index (χ0n) is 10.5. The standard InChI is InChI=1S/C14H18BrN3/c1-2-12(16)9-14-17-7-8-18(14)10-11-5-3-4-6-13(11)15/h3-8,12H,2,9-10,16H2,1H3. The lowest BCUT2D eigenvalue weighted by molar-refractivity contribution is 0.597. The molecule has 2 N–H and O–H groups in total. The average Bonchev–Trinajstić information content (AvgIpc) is 2.79. The van der Waals surface area contributed by atoms with Crippen molar-refractivity contribution in [3.63, 3.8) is 0 Å². The van der Waals surface area contributed by atoms with Crippen molar-refractivity contribution in [2.75, 3.05) is 0 Å². The molecule has 0 radical (unpaired) electrons. The number of hydrogen-bond acceptors (Lipinski definition) is 2. The summed E-state index contributed by atoms with van der Waals surface area (Å²) < 4.78 is 3.29. The van der Waals surface area contributed by atoms with Crippen LogP contribution in [0.5, 0.6) is 0 Å². The third-order valence-corrected chi connectivity index (χ3v) is 3.84. The number of rotatable bonds is 5. The molecule has 0 aliphatic rings. The van der Waals surface area contributed by atoms with Gasteiger partial charge in [0.2, 0.25) is 0 Å². The van der Waals surface area contributed by atoms with Gasteiger partial charge < -0.3 is 10.3 Å². The molecule has 18 heavy (non-hydrogen) atoms. The van der Waals surface area contributed by atoms with Crippen LogP contribution >= 0.6 is 15.9 Å². The van der Waals surface area contributed by atoms with Crippen LogP contribution in [0.4, 0.5) is 0 Å². The summed E-state index contributed by atoms with van der Waals surface area (Å²) in [6.07, 6.45) is 5.65. The smallest absolute Gasteiger partial charge is 0.110 e. The highest BCUT2D eigenvalue weighted by atomic mass is 79.9. The van der Waals surface area contributed by atoms with Gasteiger partial charge in [0.05, 0.1) is 0 Å². The maximum absolute atomic E-state index is 5.99. The molecule has 0 saturated carbocycles. The number of benzene rings is 1. The number of nitrogens with two attached hydrogens (primary N) is 1. The second-order valence-corrected chi connectivity index (χ2v) is 5.29. The van der Waals surface area contributed by atoms with E-state index in [1.165, 1.54) is 5.56 Å². The van der Waals surface area contributed by atoms with Crippen LogP contribution in [-0.4, -0.2) is 15.6 Å². The Labute approximate surface area is 116 Å². The minimum Gasteiger partial charge on any atom is -0.330 e. The fourth-order valence-corrected chi connectivity index (χ4v) is 2.27. The van der Waals surface area contributed by atoms with E-state index >= 15 is 0 Å². The molecule has 2 aromatic rings. The first-order chi connectivity index (χ1) is 8.70. The molecule has 96 valence electrons. The predicted octanol–water partition coefficient (Wildman–Crippen LogP) is 2.97. The molecule has 0 spiro atoms. The van der Waals surface area contributed by atoms with Crippen molar-refractivity contribution in [2.24, 2.45) is 5.73 Å². The summed E-state index contributed by atoms with van der Waals surface area (Å²) in [4.78, 5) is 4.40. The largest absolute Gasteiger partial charge is 0.330 e. The van der Waals surface area contributed by atoms with Gasteiger partial charge in [0.25, 0.3) is 0 Å². The van der Waals surface area contributed by atoms with Gasteiger partial charge in [-0.25, -0.2) is 4.98 Å². The number of imidazole rings is 1. The van der Waals surface area contributed by atoms with Crippen LogP contribution in [0.25, 0.3) is 0 Å². The predicted molar refractivity (Wildman–Crippen MR) is 77.4 cm³/mol. The molecule has 0 bridgehead atoms. The van der Waals surface area contributed by atoms with Gasteiger partial charge in [0.1, 0.15) is 5.82 Å². The van der Waals surface area contributed by atoms with E-state index < -0.39 is 0 Å². The SMILES string of the molecule is CCC(N)Cc1nccn1Cc1ccccc1Br. The molecule has 0 fully saturated rings. The summed E-state index contributed by atoms with van der Waals surface area (Å²) in [5, 5.41) is 0. The molecule has 0 saturated heterocycles. The molecule has 3 nitrogen and oxygen atoms in total. The van der Waals surface area contributed by atoms with Crippen molar-refractivity contribution in [3.05, 3.63) is 52.5 Å². The van der Waals surface area contributed by atoms with Crippen molar-refractivity contribution >= 4 is 15.9 Å². The summed E-state index contributed by atoms with van der Waals surface area (Å²) >= 11 is 3.57. The van der Waals surface area contributed by atoms with Gasteiger partial charge in [0, 0.05) is 35.9 Å². The topological polar surface area (TPSA) is 43.8 Å². The van der Waals surface area contributed by atoms with Crippen LogP contribution in [0.1, 0.15) is 24.7 Å². The van der Waals surface area contributed by atoms with Crippen molar-refractivity contribution in [3.8, 4) is 0 Å². The van der Waals surface area contributed by atoms with E-state index in [9.17, 15) is 0 Å². The van der Waals surface area contributed by atoms with Gasteiger partial charge >= 0.3 is 0 Å². The van der Waals surface area contributed by atoms with Gasteiger partial charge in [-0.15, -0.1) is 0 Å². The third kappa shape index (κ3) is 3.21. The highest BCUT2D eigenvalue weighted by Gasteiger charge is 2.08. The molecule has 1 aromatic carbocycles. The summed E-state index contributed by atoms with van der Waals surface area (Å²) in [6, 6.07) is 8.44. The van der Waals surface area contributed by atoms with Crippen molar-refractivity contribution in [1.29, 1.82) is 0 Å². The lowest BCUT2D eigenvalue weighted by Gasteiger charge is -2.12. The second kappa shape index (κ2) is 6.16. The Kier molecular flexibility index (Phi) is 4.55. The van der Waals surface area contributed by atoms with Crippen molar-refractivity contribution in [1.82, 2.24) is 9.55 Å². The van der Waals surface area contributed by atoms with Crippen molar-refractivity contribution < 1.29 is 0 Å². The average molecular weight is 308 g/mol. The highest BCUT2D eigenvalue weighted by molar-refractivity contribution is 9.10. The molecule has 1 heterocycles. The molecule has 1 atom stereocenters. The number of aromatic nitrogens is 2. The first-order valence-corrected chi connectivity index (χ1v) is 6.99. The lowest BCUT2D eigenvalue weighted by Crippen LogP contribution is -2.23. The lowest BCUT2D eigenvalue weighted by atomic mass is 10.1. The van der Waals surface area contributed by atoms with Crippen LogP contribution in [0.15, 0.2) is 41.1 Å². The zero-order chi connectivity index (χ0) is 13.0. The first-order valence-electron chi connectivity index (χ1n) is 6.19. The molecular formula is C14H18BrN3. The van der Waals surface area contributed by atoms with E-state index in [2.05, 4.69) is 50.6 Å². The summed E-state index contributed by atoms with van der Waals surface area (Å²) in [5.41, 5.74) is 7.25. The summed E-state index contributed by atoms with van der Waals surface area (Å²) in [5.74, 6) is 1.06. The summed E-state index contributed by atoms with van der Waals surface area (Å²) in [6.45, 7) is 2.93. The molecule has 0 aliphatic carbocycles. The van der Waals surface area contributed by atoms with E-state index in [0.29, 0.717) is 0 Å². The Bertz CT molecular complexity index is 507. The Balaban J connectivity index is 2.15. The molecule has 1 aromatic heterocycles. The van der Waals surface area contributed by atoms with E-state index in [-0.39, 0.29) is 6.04 Å². The minimum absolute atomic E-state index is 0.186. The molecule has 2 rings (SSSR count). The fraction of sp³-hybridized carbons (Fsp3) is 0.357. The van der Waals surface area contributed by atoms with Gasteiger partial charge in [0.15, 0.2) is 0 Å². The van der Waals surface area contributed by atoms with Crippen molar-refractivity contribution in [2.45, 2.75) is 32.4 Å². The second-order valence-electron chi connectivity index (χ2n) is 4.44. The molecular weight excluding hydrogens is 290 g/mol. The fourth-order valence-electron chi connectivity index (χ4n) is 1.86. The Morgan fingerprint density at radius 2 is 2.17 bits per heavy atom. The van der Waals surface area contributed by atoms with Crippen LogP contribution in [0.3, 0.4) is 0 Å². The highest BCUT2D eigenvalue weighted by Crippen LogP contribution is 2.18. The number of hydrogen-bond donors (Lipinski definition) is 1. The molecule has 0 amide bonds. The summed E-state index contributed by atoms with van der Waals surface area (Å²) in [7, 11) is 0. The van der Waals surface area contributed by atoms with E-state index in [1.54, 1.807) is 0 Å². The van der Waals surface area contributed by atoms with E-state index in [4.69, 9.17) is 5.73 Å². The molecule has 1 unspecified atom stereocenters. The van der Waals surface area contributed by atoms with E-state index in [0.717, 1.165) is 29.7 Å². The quantitative estimate of drug-likeness (QED) is 0.923. The van der Waals surface area contributed by atoms with Gasteiger partial charge in [-0.3, -0.25) is 0 Å². The number of halogens is 1. The van der Waals surface area contributed by atoms with Crippen LogP contribution < -0.4 is 5.73 Å². The van der Waals surface area contributed by atoms with Gasteiger partial charge in [-0.2, -0.15) is 0 Å². The maximum atomic E-state index is 5.99. The van der Waals surface area contributed by atoms with E-state index in [1.807, 2.05) is 18.5 Å². The first kappa shape index (κ1) is 13.3. The van der Waals surface area contributed by atoms with Gasteiger partial charge in [-0.05, 0) is 18.1 Å². The Morgan fingerprint density at radius 1 is 1.39 bits per heavy atom. The third-order valence-electron chi connectivity index (χ3n) is 3.07. The van der Waals surface area contributed by atoms with Gasteiger partial charge in [-0.1, -0.05) is 41.1 Å². The number of nitrogens with zero attached hydrogens (tertiary/aromatic N) is 2. The zero-order valence-corrected chi connectivity index (χ0v) is 12.1. The Morgan fingerprint density at radius 3 is 2.89 bits per heavy atom. The maximum Gasteiger partial charge on any atom is 0.110 e.